The highest BCUT2D eigenvalue weighted by Gasteiger charge is 2.42. The number of nitriles is 1. The van der Waals surface area contributed by atoms with E-state index in [9.17, 15) is 14.4 Å². The molecule has 0 heterocycles. The van der Waals surface area contributed by atoms with E-state index in [1.165, 1.54) is 23.9 Å². The van der Waals surface area contributed by atoms with Crippen molar-refractivity contribution in [2.24, 2.45) is 5.92 Å². The number of nitrogens with one attached hydrogen (secondary N) is 1. The molecule has 2 rings (SSSR count). The van der Waals surface area contributed by atoms with Gasteiger partial charge in [0.05, 0.1) is 11.8 Å². The zero-order valence-electron chi connectivity index (χ0n) is 12.2. The molecule has 2 unspecified atom stereocenters. The van der Waals surface area contributed by atoms with E-state index < -0.39 is 5.54 Å². The molecule has 1 aromatic rings. The number of hydrogen-bond acceptors (Lipinski definition) is 3. The van der Waals surface area contributed by atoms with Crippen LogP contribution < -0.4 is 5.32 Å². The molecule has 1 aliphatic carbocycles. The molecule has 1 saturated carbocycles. The molecule has 21 heavy (non-hydrogen) atoms. The minimum absolute atomic E-state index is 0.102. The van der Waals surface area contributed by atoms with Gasteiger partial charge in [-0.25, -0.2) is 4.39 Å². The molecule has 0 bridgehead atoms. The molecule has 5 heteroatoms. The van der Waals surface area contributed by atoms with Gasteiger partial charge in [-0.15, -0.1) is 11.8 Å². The first-order valence-corrected chi connectivity index (χ1v) is 8.09. The van der Waals surface area contributed by atoms with Crippen molar-refractivity contribution in [3.05, 3.63) is 35.6 Å². The molecule has 1 fully saturated rings. The summed E-state index contributed by atoms with van der Waals surface area (Å²) in [5.41, 5.74) is 0.246. The quantitative estimate of drug-likeness (QED) is 0.876. The zero-order chi connectivity index (χ0) is 15.5. The van der Waals surface area contributed by atoms with E-state index in [-0.39, 0.29) is 22.9 Å². The lowest BCUT2D eigenvalue weighted by Gasteiger charge is -2.23. The molecule has 1 aliphatic rings. The third-order valence-corrected chi connectivity index (χ3v) is 5.03. The Hall–Kier alpha value is -1.54. The van der Waals surface area contributed by atoms with Crippen LogP contribution in [0.2, 0.25) is 0 Å². The van der Waals surface area contributed by atoms with Crippen LogP contribution in [0.4, 0.5) is 4.39 Å². The predicted molar refractivity (Wildman–Crippen MR) is 82.2 cm³/mol. The van der Waals surface area contributed by atoms with Crippen LogP contribution in [-0.2, 0) is 4.79 Å². The summed E-state index contributed by atoms with van der Waals surface area (Å²) in [5, 5.41) is 12.2. The van der Waals surface area contributed by atoms with Crippen LogP contribution in [0, 0.1) is 23.1 Å². The third kappa shape index (κ3) is 4.21. The van der Waals surface area contributed by atoms with Crippen molar-refractivity contribution in [2.75, 3.05) is 5.75 Å². The molecule has 1 aromatic carbocycles. The van der Waals surface area contributed by atoms with Gasteiger partial charge in [-0.1, -0.05) is 12.1 Å². The normalized spacial score (nSPS) is 18.4. The van der Waals surface area contributed by atoms with Crippen molar-refractivity contribution >= 4 is 17.7 Å². The summed E-state index contributed by atoms with van der Waals surface area (Å²) in [5.74, 6) is 0.196. The maximum Gasteiger partial charge on any atom is 0.231 e. The Kier molecular flexibility index (Phi) is 4.89. The standard InChI is InChI=1S/C16H19FN2OS/c1-11(12-3-7-14(17)8-4-12)21-9-15(20)19-16(2,10-18)13-5-6-13/h3-4,7-8,11,13H,5-6,9H2,1-2H3,(H,19,20). The molecule has 1 amide bonds. The van der Waals surface area contributed by atoms with Crippen molar-refractivity contribution in [3.8, 4) is 6.07 Å². The number of halogens is 1. The average molecular weight is 306 g/mol. The molecule has 0 aromatic heterocycles. The first-order chi connectivity index (χ1) is 9.94. The van der Waals surface area contributed by atoms with E-state index >= 15 is 0 Å². The van der Waals surface area contributed by atoms with E-state index in [1.807, 2.05) is 6.92 Å². The maximum atomic E-state index is 12.9. The van der Waals surface area contributed by atoms with Gasteiger partial charge in [-0.2, -0.15) is 5.26 Å². The highest BCUT2D eigenvalue weighted by atomic mass is 32.2. The number of carbonyl (C=O) groups excluding carboxylic acids is 1. The van der Waals surface area contributed by atoms with E-state index in [2.05, 4.69) is 11.4 Å². The average Bonchev–Trinajstić information content (AvgIpc) is 3.30. The Morgan fingerprint density at radius 2 is 2.14 bits per heavy atom. The summed E-state index contributed by atoms with van der Waals surface area (Å²) in [7, 11) is 0. The summed E-state index contributed by atoms with van der Waals surface area (Å²) in [6.45, 7) is 3.77. The van der Waals surface area contributed by atoms with Crippen LogP contribution in [0.25, 0.3) is 0 Å². The highest BCUT2D eigenvalue weighted by molar-refractivity contribution is 8.00. The van der Waals surface area contributed by atoms with E-state index in [4.69, 9.17) is 0 Å². The van der Waals surface area contributed by atoms with Crippen LogP contribution in [-0.4, -0.2) is 17.2 Å². The highest BCUT2D eigenvalue weighted by Crippen LogP contribution is 2.39. The second-order valence-electron chi connectivity index (χ2n) is 5.64. The number of nitrogens with zero attached hydrogens (tertiary/aromatic N) is 1. The van der Waals surface area contributed by atoms with Gasteiger partial charge in [-0.3, -0.25) is 4.79 Å². The molecule has 0 aliphatic heterocycles. The first-order valence-electron chi connectivity index (χ1n) is 7.04. The lowest BCUT2D eigenvalue weighted by Crippen LogP contribution is -2.47. The number of carbonyl (C=O) groups is 1. The molecule has 1 N–H and O–H groups in total. The molecular formula is C16H19FN2OS. The fourth-order valence-electron chi connectivity index (χ4n) is 2.24. The van der Waals surface area contributed by atoms with Gasteiger partial charge >= 0.3 is 0 Å². The molecule has 3 nitrogen and oxygen atoms in total. The van der Waals surface area contributed by atoms with Crippen molar-refractivity contribution in [2.45, 2.75) is 37.5 Å². The number of amides is 1. The van der Waals surface area contributed by atoms with E-state index in [1.54, 1.807) is 19.1 Å². The number of benzene rings is 1. The summed E-state index contributed by atoms with van der Waals surface area (Å²) >= 11 is 1.48. The molecule has 0 spiro atoms. The lowest BCUT2D eigenvalue weighted by molar-refractivity contribution is -0.119. The molecule has 0 saturated heterocycles. The Balaban J connectivity index is 1.83. The van der Waals surface area contributed by atoms with Gasteiger partial charge in [0.1, 0.15) is 11.4 Å². The SMILES string of the molecule is CC(SCC(=O)NC(C)(C#N)C1CC1)c1ccc(F)cc1. The smallest absolute Gasteiger partial charge is 0.231 e. The summed E-state index contributed by atoms with van der Waals surface area (Å²) < 4.78 is 12.9. The topological polar surface area (TPSA) is 52.9 Å². The van der Waals surface area contributed by atoms with Crippen LogP contribution in [0.15, 0.2) is 24.3 Å². The molecule has 2 atom stereocenters. The van der Waals surface area contributed by atoms with Crippen molar-refractivity contribution < 1.29 is 9.18 Å². The Labute approximate surface area is 128 Å². The summed E-state index contributed by atoms with van der Waals surface area (Å²) in [4.78, 5) is 12.0. The van der Waals surface area contributed by atoms with Gasteiger partial charge in [0.25, 0.3) is 0 Å². The van der Waals surface area contributed by atoms with E-state index in [0.717, 1.165) is 18.4 Å². The largest absolute Gasteiger partial charge is 0.337 e. The fourth-order valence-corrected chi connectivity index (χ4v) is 3.06. The number of hydrogen-bond donors (Lipinski definition) is 1. The Bertz CT molecular complexity index is 550. The van der Waals surface area contributed by atoms with Crippen molar-refractivity contribution in [1.82, 2.24) is 5.32 Å². The zero-order valence-corrected chi connectivity index (χ0v) is 13.0. The fraction of sp³-hybridized carbons (Fsp3) is 0.500. The number of thioether (sulfide) groups is 1. The monoisotopic (exact) mass is 306 g/mol. The second-order valence-corrected chi connectivity index (χ2v) is 6.97. The lowest BCUT2D eigenvalue weighted by atomic mass is 9.98. The first kappa shape index (κ1) is 15.8. The van der Waals surface area contributed by atoms with Gasteiger partial charge in [-0.05, 0) is 50.3 Å². The van der Waals surface area contributed by atoms with Crippen LogP contribution in [0.3, 0.4) is 0 Å². The van der Waals surface area contributed by atoms with E-state index in [0.29, 0.717) is 5.75 Å². The van der Waals surface area contributed by atoms with Gasteiger partial charge < -0.3 is 5.32 Å². The summed E-state index contributed by atoms with van der Waals surface area (Å²) in [6, 6.07) is 8.52. The van der Waals surface area contributed by atoms with Crippen LogP contribution in [0.1, 0.15) is 37.5 Å². The minimum Gasteiger partial charge on any atom is -0.337 e. The third-order valence-electron chi connectivity index (χ3n) is 3.83. The Morgan fingerprint density at radius 1 is 1.52 bits per heavy atom. The van der Waals surface area contributed by atoms with Gasteiger partial charge in [0.15, 0.2) is 0 Å². The molecule has 0 radical (unpaired) electrons. The predicted octanol–water partition coefficient (Wildman–Crippen LogP) is 3.43. The van der Waals surface area contributed by atoms with Crippen molar-refractivity contribution in [1.29, 1.82) is 5.26 Å². The molecule has 112 valence electrons. The second kappa shape index (κ2) is 6.48. The van der Waals surface area contributed by atoms with Crippen molar-refractivity contribution in [3.63, 3.8) is 0 Å². The van der Waals surface area contributed by atoms with Gasteiger partial charge in [0.2, 0.25) is 5.91 Å². The van der Waals surface area contributed by atoms with Crippen LogP contribution >= 0.6 is 11.8 Å². The molecular weight excluding hydrogens is 287 g/mol. The Morgan fingerprint density at radius 3 is 2.67 bits per heavy atom. The van der Waals surface area contributed by atoms with Gasteiger partial charge in [0, 0.05) is 5.25 Å². The number of rotatable bonds is 6. The van der Waals surface area contributed by atoms with Crippen LogP contribution in [0.5, 0.6) is 0 Å². The minimum atomic E-state index is -0.739. The maximum absolute atomic E-state index is 12.9. The summed E-state index contributed by atoms with van der Waals surface area (Å²) in [6.07, 6.45) is 2.01.